The summed E-state index contributed by atoms with van der Waals surface area (Å²) in [5.41, 5.74) is 0.927. The number of fused-ring (bicyclic) bond motifs is 1. The third kappa shape index (κ3) is 3.87. The SMILES string of the molecule is COc1ccc(C(=O)N[C@H]2CCSc3c(F)cccc32)cc1S(=O)(=O)N(C)C. The molecule has 1 N–H and O–H groups in total. The molecule has 0 aliphatic carbocycles. The number of thioether (sulfide) groups is 1. The summed E-state index contributed by atoms with van der Waals surface area (Å²) in [5, 5.41) is 2.90. The molecule has 0 radical (unpaired) electrons. The summed E-state index contributed by atoms with van der Waals surface area (Å²) < 4.78 is 45.3. The maximum atomic E-state index is 14.0. The number of rotatable bonds is 5. The van der Waals surface area contributed by atoms with Gasteiger partial charge in [0.15, 0.2) is 0 Å². The molecule has 0 saturated carbocycles. The van der Waals surface area contributed by atoms with Gasteiger partial charge in [0, 0.05) is 30.3 Å². The second-order valence-corrected chi connectivity index (χ2v) is 9.70. The molecule has 1 atom stereocenters. The molecule has 150 valence electrons. The minimum absolute atomic E-state index is 0.0849. The summed E-state index contributed by atoms with van der Waals surface area (Å²) >= 11 is 1.43. The average Bonchev–Trinajstić information content (AvgIpc) is 2.68. The fourth-order valence-electron chi connectivity index (χ4n) is 2.99. The van der Waals surface area contributed by atoms with Crippen LogP contribution < -0.4 is 10.1 Å². The number of hydrogen-bond donors (Lipinski definition) is 1. The van der Waals surface area contributed by atoms with Gasteiger partial charge in [-0.1, -0.05) is 12.1 Å². The Bertz CT molecular complexity index is 1010. The van der Waals surface area contributed by atoms with Gasteiger partial charge in [0.2, 0.25) is 10.0 Å². The quantitative estimate of drug-likeness (QED) is 0.799. The van der Waals surface area contributed by atoms with Crippen molar-refractivity contribution in [2.45, 2.75) is 22.3 Å². The molecule has 1 aliphatic heterocycles. The third-order valence-corrected chi connectivity index (χ3v) is 7.51. The lowest BCUT2D eigenvalue weighted by molar-refractivity contribution is 0.0934. The highest BCUT2D eigenvalue weighted by Crippen LogP contribution is 2.38. The van der Waals surface area contributed by atoms with E-state index in [4.69, 9.17) is 4.74 Å². The maximum absolute atomic E-state index is 14.0. The minimum atomic E-state index is -3.79. The number of methoxy groups -OCH3 is 1. The van der Waals surface area contributed by atoms with Crippen LogP contribution in [-0.2, 0) is 10.0 Å². The molecule has 1 aliphatic rings. The van der Waals surface area contributed by atoms with Gasteiger partial charge in [0.05, 0.1) is 13.2 Å². The van der Waals surface area contributed by atoms with Gasteiger partial charge in [-0.15, -0.1) is 11.8 Å². The van der Waals surface area contributed by atoms with Crippen molar-refractivity contribution >= 4 is 27.7 Å². The zero-order chi connectivity index (χ0) is 20.5. The van der Waals surface area contributed by atoms with Crippen molar-refractivity contribution in [1.29, 1.82) is 0 Å². The molecule has 2 aromatic carbocycles. The van der Waals surface area contributed by atoms with Crippen molar-refractivity contribution in [2.24, 2.45) is 0 Å². The molecule has 2 aromatic rings. The maximum Gasteiger partial charge on any atom is 0.251 e. The normalized spacial score (nSPS) is 16.5. The van der Waals surface area contributed by atoms with E-state index in [0.29, 0.717) is 17.1 Å². The van der Waals surface area contributed by atoms with Crippen molar-refractivity contribution < 1.29 is 22.3 Å². The zero-order valence-corrected chi connectivity index (χ0v) is 17.4. The second kappa shape index (κ2) is 8.10. The monoisotopic (exact) mass is 424 g/mol. The van der Waals surface area contributed by atoms with Crippen LogP contribution in [0.1, 0.15) is 28.4 Å². The molecule has 1 heterocycles. The number of carbonyl (C=O) groups is 1. The van der Waals surface area contributed by atoms with E-state index in [0.717, 1.165) is 9.87 Å². The number of carbonyl (C=O) groups excluding carboxylic acids is 1. The molecular formula is C19H21FN2O4S2. The Balaban J connectivity index is 1.92. The van der Waals surface area contributed by atoms with E-state index in [2.05, 4.69) is 5.32 Å². The van der Waals surface area contributed by atoms with E-state index >= 15 is 0 Å². The Labute approximate surface area is 168 Å². The molecule has 28 heavy (non-hydrogen) atoms. The summed E-state index contributed by atoms with van der Waals surface area (Å²) in [5.74, 6) is 0.115. The zero-order valence-electron chi connectivity index (χ0n) is 15.7. The van der Waals surface area contributed by atoms with E-state index in [1.54, 1.807) is 12.1 Å². The highest BCUT2D eigenvalue weighted by Gasteiger charge is 2.27. The van der Waals surface area contributed by atoms with Crippen molar-refractivity contribution in [3.63, 3.8) is 0 Å². The highest BCUT2D eigenvalue weighted by molar-refractivity contribution is 7.99. The summed E-state index contributed by atoms with van der Waals surface area (Å²) in [4.78, 5) is 13.3. The second-order valence-electron chi connectivity index (χ2n) is 6.47. The predicted octanol–water partition coefficient (Wildman–Crippen LogP) is 3.05. The number of nitrogens with one attached hydrogen (secondary N) is 1. The lowest BCUT2D eigenvalue weighted by Crippen LogP contribution is -2.31. The van der Waals surface area contributed by atoms with E-state index in [1.165, 1.54) is 57.2 Å². The summed E-state index contributed by atoms with van der Waals surface area (Å²) in [6, 6.07) is 8.74. The third-order valence-electron chi connectivity index (χ3n) is 4.52. The van der Waals surface area contributed by atoms with E-state index in [1.807, 2.05) is 0 Å². The van der Waals surface area contributed by atoms with Crippen LogP contribution in [0.15, 0.2) is 46.2 Å². The molecule has 0 bridgehead atoms. The molecule has 0 saturated heterocycles. The van der Waals surface area contributed by atoms with Gasteiger partial charge in [-0.05, 0) is 36.2 Å². The predicted molar refractivity (Wildman–Crippen MR) is 106 cm³/mol. The van der Waals surface area contributed by atoms with Gasteiger partial charge in [-0.2, -0.15) is 0 Å². The first-order valence-electron chi connectivity index (χ1n) is 8.58. The number of sulfonamides is 1. The standard InChI is InChI=1S/C19H21FN2O4S2/c1-22(2)28(24,25)17-11-12(7-8-16(17)26-3)19(23)21-15-9-10-27-18-13(15)5-4-6-14(18)20/h4-8,11,15H,9-10H2,1-3H3,(H,21,23)/t15-/m0/s1. The average molecular weight is 425 g/mol. The smallest absolute Gasteiger partial charge is 0.251 e. The van der Waals surface area contributed by atoms with Crippen LogP contribution in [0.25, 0.3) is 0 Å². The Morgan fingerprint density at radius 3 is 2.71 bits per heavy atom. The molecule has 9 heteroatoms. The van der Waals surface area contributed by atoms with Crippen molar-refractivity contribution in [1.82, 2.24) is 9.62 Å². The van der Waals surface area contributed by atoms with Crippen LogP contribution in [-0.4, -0.2) is 45.6 Å². The molecule has 0 spiro atoms. The van der Waals surface area contributed by atoms with Crippen LogP contribution in [0, 0.1) is 5.82 Å². The summed E-state index contributed by atoms with van der Waals surface area (Å²) in [7, 11) is 0.401. The van der Waals surface area contributed by atoms with Gasteiger partial charge in [-0.3, -0.25) is 4.79 Å². The van der Waals surface area contributed by atoms with Gasteiger partial charge in [0.1, 0.15) is 16.5 Å². The number of nitrogens with zero attached hydrogens (tertiary/aromatic N) is 1. The first kappa shape index (κ1) is 20.6. The van der Waals surface area contributed by atoms with Crippen LogP contribution in [0.2, 0.25) is 0 Å². The van der Waals surface area contributed by atoms with Crippen LogP contribution >= 0.6 is 11.8 Å². The lowest BCUT2D eigenvalue weighted by Gasteiger charge is -2.26. The Morgan fingerprint density at radius 2 is 2.04 bits per heavy atom. The molecule has 0 aromatic heterocycles. The van der Waals surface area contributed by atoms with Gasteiger partial charge in [0.25, 0.3) is 5.91 Å². The number of benzene rings is 2. The van der Waals surface area contributed by atoms with Crippen LogP contribution in [0.3, 0.4) is 0 Å². The fourth-order valence-corrected chi connectivity index (χ4v) is 5.21. The van der Waals surface area contributed by atoms with E-state index in [9.17, 15) is 17.6 Å². The van der Waals surface area contributed by atoms with E-state index in [-0.39, 0.29) is 28.1 Å². The minimum Gasteiger partial charge on any atom is -0.495 e. The first-order chi connectivity index (χ1) is 13.3. The highest BCUT2D eigenvalue weighted by atomic mass is 32.2. The molecule has 0 unspecified atom stereocenters. The van der Waals surface area contributed by atoms with Gasteiger partial charge in [-0.25, -0.2) is 17.1 Å². The summed E-state index contributed by atoms with van der Waals surface area (Å²) in [6.07, 6.45) is 0.659. The first-order valence-corrected chi connectivity index (χ1v) is 11.0. The molecule has 0 fully saturated rings. The Kier molecular flexibility index (Phi) is 5.97. The Morgan fingerprint density at radius 1 is 1.29 bits per heavy atom. The fraction of sp³-hybridized carbons (Fsp3) is 0.316. The Hall–Kier alpha value is -2.10. The molecule has 3 rings (SSSR count). The van der Waals surface area contributed by atoms with Gasteiger partial charge < -0.3 is 10.1 Å². The van der Waals surface area contributed by atoms with Gasteiger partial charge >= 0.3 is 0 Å². The number of amides is 1. The molecular weight excluding hydrogens is 403 g/mol. The van der Waals surface area contributed by atoms with Crippen LogP contribution in [0.5, 0.6) is 5.75 Å². The van der Waals surface area contributed by atoms with Crippen molar-refractivity contribution in [3.05, 3.63) is 53.3 Å². The molecule has 1 amide bonds. The number of halogens is 1. The van der Waals surface area contributed by atoms with E-state index < -0.39 is 15.9 Å². The topological polar surface area (TPSA) is 75.7 Å². The summed E-state index contributed by atoms with van der Waals surface area (Å²) in [6.45, 7) is 0. The largest absolute Gasteiger partial charge is 0.495 e. The van der Waals surface area contributed by atoms with Crippen molar-refractivity contribution in [3.8, 4) is 5.75 Å². The lowest BCUT2D eigenvalue weighted by atomic mass is 10.0. The molecule has 6 nitrogen and oxygen atoms in total. The van der Waals surface area contributed by atoms with Crippen LogP contribution in [0.4, 0.5) is 4.39 Å². The van der Waals surface area contributed by atoms with Crippen molar-refractivity contribution in [2.75, 3.05) is 27.0 Å². The number of hydrogen-bond acceptors (Lipinski definition) is 5. The number of ether oxygens (including phenoxy) is 1.